The lowest BCUT2D eigenvalue weighted by Crippen LogP contribution is -2.58. The van der Waals surface area contributed by atoms with Gasteiger partial charge in [-0.05, 0) is 60.8 Å². The molecule has 0 radical (unpaired) electrons. The number of halogens is 1. The first-order valence-electron chi connectivity index (χ1n) is 9.58. The van der Waals surface area contributed by atoms with E-state index in [0.29, 0.717) is 38.8 Å². The summed E-state index contributed by atoms with van der Waals surface area (Å²) in [5, 5.41) is 1.45. The van der Waals surface area contributed by atoms with Crippen molar-refractivity contribution in [1.29, 1.82) is 0 Å². The number of benzene rings is 2. The number of carbonyl (C=O) groups is 2. The summed E-state index contributed by atoms with van der Waals surface area (Å²) in [5.41, 5.74) is 7.92. The molecule has 0 saturated carbocycles. The lowest BCUT2D eigenvalue weighted by Gasteiger charge is -2.49. The summed E-state index contributed by atoms with van der Waals surface area (Å²) in [4.78, 5) is 30.7. The molecule has 27 heavy (non-hydrogen) atoms. The maximum Gasteiger partial charge on any atom is 0.261 e. The van der Waals surface area contributed by atoms with E-state index in [1.54, 1.807) is 6.07 Å². The van der Waals surface area contributed by atoms with Gasteiger partial charge in [-0.2, -0.15) is 0 Å². The molecule has 140 valence electrons. The number of piperidine rings is 2. The molecule has 2 aromatic rings. The molecule has 0 aliphatic carbocycles. The molecule has 3 aliphatic rings. The standard InChI is InChI=1S/C21H22BrN3O2/c1-24-11-4-2-5-12(24)9-13(8-11)25-20(26)15-7-3-6-14-18(15)16(21(25)27)10-17(22)19(14)23/h3,6-7,10-13H,2,4-5,8-9,23H2,1H3. The van der Waals surface area contributed by atoms with Gasteiger partial charge in [0.05, 0.1) is 5.69 Å². The first kappa shape index (κ1) is 17.2. The second-order valence-electron chi connectivity index (χ2n) is 8.06. The highest BCUT2D eigenvalue weighted by Gasteiger charge is 2.44. The number of carbonyl (C=O) groups excluding carboxylic acids is 2. The van der Waals surface area contributed by atoms with Gasteiger partial charge in [-0.25, -0.2) is 0 Å². The first-order valence-corrected chi connectivity index (χ1v) is 10.4. The topological polar surface area (TPSA) is 66.6 Å². The van der Waals surface area contributed by atoms with Crippen molar-refractivity contribution >= 4 is 44.2 Å². The van der Waals surface area contributed by atoms with Crippen LogP contribution in [0.4, 0.5) is 5.69 Å². The molecule has 6 heteroatoms. The second kappa shape index (κ2) is 6.04. The molecule has 5 rings (SSSR count). The monoisotopic (exact) mass is 427 g/mol. The smallest absolute Gasteiger partial charge is 0.261 e. The predicted molar refractivity (Wildman–Crippen MR) is 109 cm³/mol. The number of amides is 2. The number of imide groups is 1. The highest BCUT2D eigenvalue weighted by molar-refractivity contribution is 9.10. The Bertz CT molecular complexity index is 975. The van der Waals surface area contributed by atoms with Crippen molar-refractivity contribution in [1.82, 2.24) is 9.80 Å². The Labute approximate surface area is 166 Å². The van der Waals surface area contributed by atoms with E-state index < -0.39 is 0 Å². The Hall–Kier alpha value is -1.92. The largest absolute Gasteiger partial charge is 0.397 e. The number of fused-ring (bicyclic) bond motifs is 2. The van der Waals surface area contributed by atoms with Crippen LogP contribution >= 0.6 is 15.9 Å². The maximum atomic E-state index is 13.4. The number of rotatable bonds is 1. The molecule has 2 bridgehead atoms. The fourth-order valence-electron chi connectivity index (χ4n) is 5.30. The molecular weight excluding hydrogens is 406 g/mol. The summed E-state index contributed by atoms with van der Waals surface area (Å²) in [6.45, 7) is 0. The zero-order valence-corrected chi connectivity index (χ0v) is 16.8. The average Bonchev–Trinajstić information content (AvgIpc) is 2.64. The van der Waals surface area contributed by atoms with Crippen LogP contribution in [-0.2, 0) is 0 Å². The third-order valence-electron chi connectivity index (χ3n) is 6.73. The predicted octanol–water partition coefficient (Wildman–Crippen LogP) is 3.80. The zero-order chi connectivity index (χ0) is 18.9. The third-order valence-corrected chi connectivity index (χ3v) is 7.39. The van der Waals surface area contributed by atoms with E-state index in [1.807, 2.05) is 18.2 Å². The molecule has 3 heterocycles. The van der Waals surface area contributed by atoms with E-state index >= 15 is 0 Å². The van der Waals surface area contributed by atoms with E-state index in [1.165, 1.54) is 11.3 Å². The van der Waals surface area contributed by atoms with Crippen LogP contribution in [0.5, 0.6) is 0 Å². The van der Waals surface area contributed by atoms with Gasteiger partial charge in [0, 0.05) is 44.5 Å². The van der Waals surface area contributed by atoms with Gasteiger partial charge in [0.1, 0.15) is 0 Å². The van der Waals surface area contributed by atoms with Crippen LogP contribution in [0.15, 0.2) is 28.7 Å². The van der Waals surface area contributed by atoms with Crippen molar-refractivity contribution in [2.75, 3.05) is 12.8 Å². The summed E-state index contributed by atoms with van der Waals surface area (Å²) in [6, 6.07) is 8.20. The lowest BCUT2D eigenvalue weighted by atomic mass is 9.80. The van der Waals surface area contributed by atoms with E-state index in [2.05, 4.69) is 27.9 Å². The minimum absolute atomic E-state index is 0.0313. The van der Waals surface area contributed by atoms with Crippen LogP contribution < -0.4 is 5.73 Å². The highest BCUT2D eigenvalue weighted by atomic mass is 79.9. The Morgan fingerprint density at radius 3 is 2.41 bits per heavy atom. The van der Waals surface area contributed by atoms with E-state index in [4.69, 9.17) is 5.73 Å². The highest BCUT2D eigenvalue weighted by Crippen LogP contribution is 2.41. The SMILES string of the molecule is CN1C2CCCC1CC(N1C(=O)c3cccc4c(N)c(Br)cc(c34)C1=O)C2. The number of nitrogens with zero attached hydrogens (tertiary/aromatic N) is 2. The summed E-state index contributed by atoms with van der Waals surface area (Å²) >= 11 is 3.48. The van der Waals surface area contributed by atoms with Gasteiger partial charge in [-0.3, -0.25) is 14.5 Å². The number of anilines is 1. The van der Waals surface area contributed by atoms with Crippen molar-refractivity contribution < 1.29 is 9.59 Å². The Kier molecular flexibility index (Phi) is 3.85. The van der Waals surface area contributed by atoms with Gasteiger partial charge in [-0.1, -0.05) is 18.6 Å². The Balaban J connectivity index is 1.62. The number of hydrogen-bond donors (Lipinski definition) is 1. The summed E-state index contributed by atoms with van der Waals surface area (Å²) in [7, 11) is 2.18. The molecule has 0 aromatic heterocycles. The molecule has 2 saturated heterocycles. The number of nitrogens with two attached hydrogens (primary N) is 1. The van der Waals surface area contributed by atoms with Gasteiger partial charge in [0.25, 0.3) is 11.8 Å². The molecule has 2 aromatic carbocycles. The van der Waals surface area contributed by atoms with Gasteiger partial charge in [-0.15, -0.1) is 0 Å². The van der Waals surface area contributed by atoms with Crippen LogP contribution in [0.25, 0.3) is 10.8 Å². The van der Waals surface area contributed by atoms with Crippen molar-refractivity contribution in [2.24, 2.45) is 0 Å². The molecule has 3 aliphatic heterocycles. The Morgan fingerprint density at radius 1 is 1.04 bits per heavy atom. The number of nitrogen functional groups attached to an aromatic ring is 1. The maximum absolute atomic E-state index is 13.4. The first-order chi connectivity index (χ1) is 13.0. The van der Waals surface area contributed by atoms with Crippen LogP contribution in [0.1, 0.15) is 52.8 Å². The van der Waals surface area contributed by atoms with Gasteiger partial charge in [0.15, 0.2) is 0 Å². The van der Waals surface area contributed by atoms with E-state index in [-0.39, 0.29) is 17.9 Å². The van der Waals surface area contributed by atoms with Gasteiger partial charge >= 0.3 is 0 Å². The van der Waals surface area contributed by atoms with Crippen molar-refractivity contribution in [3.8, 4) is 0 Å². The quantitative estimate of drug-likeness (QED) is 0.555. The molecule has 5 nitrogen and oxygen atoms in total. The summed E-state index contributed by atoms with van der Waals surface area (Å²) in [5.74, 6) is -0.357. The van der Waals surface area contributed by atoms with Crippen LogP contribution in [0.2, 0.25) is 0 Å². The zero-order valence-electron chi connectivity index (χ0n) is 15.2. The van der Waals surface area contributed by atoms with Gasteiger partial charge in [0.2, 0.25) is 0 Å². The average molecular weight is 428 g/mol. The normalized spacial score (nSPS) is 28.1. The van der Waals surface area contributed by atoms with Crippen molar-refractivity contribution in [3.63, 3.8) is 0 Å². The Morgan fingerprint density at radius 2 is 1.70 bits per heavy atom. The molecule has 2 unspecified atom stereocenters. The summed E-state index contributed by atoms with van der Waals surface area (Å²) in [6.07, 6.45) is 5.27. The molecule has 2 fully saturated rings. The van der Waals surface area contributed by atoms with E-state index in [0.717, 1.165) is 31.1 Å². The minimum Gasteiger partial charge on any atom is -0.397 e. The molecule has 0 spiro atoms. The molecule has 2 atom stereocenters. The lowest BCUT2D eigenvalue weighted by molar-refractivity contribution is 0.0108. The van der Waals surface area contributed by atoms with Crippen LogP contribution in [0, 0.1) is 0 Å². The van der Waals surface area contributed by atoms with E-state index in [9.17, 15) is 9.59 Å². The van der Waals surface area contributed by atoms with Crippen LogP contribution in [0.3, 0.4) is 0 Å². The number of hydrogen-bond acceptors (Lipinski definition) is 4. The fraction of sp³-hybridized carbons (Fsp3) is 0.429. The summed E-state index contributed by atoms with van der Waals surface area (Å²) < 4.78 is 0.699. The second-order valence-corrected chi connectivity index (χ2v) is 8.91. The van der Waals surface area contributed by atoms with Crippen molar-refractivity contribution in [2.45, 2.75) is 50.2 Å². The minimum atomic E-state index is -0.183. The fourth-order valence-corrected chi connectivity index (χ4v) is 5.74. The third kappa shape index (κ3) is 2.39. The van der Waals surface area contributed by atoms with Crippen molar-refractivity contribution in [3.05, 3.63) is 39.9 Å². The van der Waals surface area contributed by atoms with Gasteiger partial charge < -0.3 is 10.6 Å². The molecule has 2 N–H and O–H groups in total. The molecular formula is C21H22BrN3O2. The molecule has 2 amide bonds. The van der Waals surface area contributed by atoms with Crippen LogP contribution in [-0.4, -0.2) is 46.8 Å².